The predicted octanol–water partition coefficient (Wildman–Crippen LogP) is 5.42. The Hall–Kier alpha value is 0. The van der Waals surface area contributed by atoms with Crippen LogP contribution in [0.15, 0.2) is 0 Å². The second-order valence-electron chi connectivity index (χ2n) is 6.00. The van der Waals surface area contributed by atoms with Crippen LogP contribution in [0, 0.1) is 17.3 Å². The van der Waals surface area contributed by atoms with Crippen LogP contribution >= 0.6 is 0 Å². The zero-order chi connectivity index (χ0) is 11.3. The SMILES string of the molecule is CCCCC1(C)CCCCC1C(C)CC. The van der Waals surface area contributed by atoms with Gasteiger partial charge in [-0.3, -0.25) is 0 Å². The second-order valence-corrected chi connectivity index (χ2v) is 6.00. The normalized spacial score (nSPS) is 34.0. The van der Waals surface area contributed by atoms with Crippen molar-refractivity contribution in [3.8, 4) is 0 Å². The third kappa shape index (κ3) is 3.23. The van der Waals surface area contributed by atoms with Gasteiger partial charge >= 0.3 is 0 Å². The fraction of sp³-hybridized carbons (Fsp3) is 1.00. The summed E-state index contributed by atoms with van der Waals surface area (Å²) in [5, 5.41) is 0. The molecule has 0 aliphatic heterocycles. The Morgan fingerprint density at radius 3 is 2.60 bits per heavy atom. The molecule has 0 N–H and O–H groups in total. The van der Waals surface area contributed by atoms with Gasteiger partial charge < -0.3 is 0 Å². The molecule has 3 unspecified atom stereocenters. The molecule has 15 heavy (non-hydrogen) atoms. The third-order valence-electron chi connectivity index (χ3n) is 4.84. The minimum atomic E-state index is 0.670. The molecule has 1 fully saturated rings. The molecule has 0 amide bonds. The van der Waals surface area contributed by atoms with E-state index in [1.165, 1.54) is 51.4 Å². The van der Waals surface area contributed by atoms with E-state index in [2.05, 4.69) is 27.7 Å². The van der Waals surface area contributed by atoms with Gasteiger partial charge in [0.2, 0.25) is 0 Å². The van der Waals surface area contributed by atoms with Crippen molar-refractivity contribution in [2.24, 2.45) is 17.3 Å². The standard InChI is InChI=1S/C15H30/c1-5-7-11-15(4)12-9-8-10-14(15)13(3)6-2/h13-14H,5-12H2,1-4H3. The van der Waals surface area contributed by atoms with Crippen molar-refractivity contribution in [1.29, 1.82) is 0 Å². The van der Waals surface area contributed by atoms with Crippen molar-refractivity contribution < 1.29 is 0 Å². The summed E-state index contributed by atoms with van der Waals surface area (Å²) in [6.45, 7) is 9.72. The maximum Gasteiger partial charge on any atom is -0.0295 e. The number of rotatable bonds is 5. The lowest BCUT2D eigenvalue weighted by atomic mass is 9.61. The molecule has 0 aromatic rings. The number of hydrogen-bond donors (Lipinski definition) is 0. The monoisotopic (exact) mass is 210 g/mol. The van der Waals surface area contributed by atoms with Gasteiger partial charge in [0.25, 0.3) is 0 Å². The molecule has 1 aliphatic rings. The Balaban J connectivity index is 2.62. The molecule has 0 saturated heterocycles. The smallest absolute Gasteiger partial charge is 0.0295 e. The summed E-state index contributed by atoms with van der Waals surface area (Å²) in [5.74, 6) is 1.94. The number of hydrogen-bond acceptors (Lipinski definition) is 0. The molecule has 0 heterocycles. The van der Waals surface area contributed by atoms with Crippen molar-refractivity contribution in [3.05, 3.63) is 0 Å². The first-order valence-electron chi connectivity index (χ1n) is 7.14. The van der Waals surface area contributed by atoms with Crippen molar-refractivity contribution in [1.82, 2.24) is 0 Å². The largest absolute Gasteiger partial charge is 0.0654 e. The van der Waals surface area contributed by atoms with Gasteiger partial charge in [-0.1, -0.05) is 59.8 Å². The van der Waals surface area contributed by atoms with Gasteiger partial charge in [0.1, 0.15) is 0 Å². The average molecular weight is 210 g/mol. The minimum Gasteiger partial charge on any atom is -0.0654 e. The topological polar surface area (TPSA) is 0 Å². The molecule has 0 spiro atoms. The van der Waals surface area contributed by atoms with Crippen molar-refractivity contribution in [2.45, 2.75) is 79.1 Å². The van der Waals surface area contributed by atoms with Gasteiger partial charge in [-0.25, -0.2) is 0 Å². The van der Waals surface area contributed by atoms with E-state index in [9.17, 15) is 0 Å². The highest BCUT2D eigenvalue weighted by Gasteiger charge is 2.37. The molecule has 0 heteroatoms. The van der Waals surface area contributed by atoms with Crippen LogP contribution in [0.1, 0.15) is 79.1 Å². The fourth-order valence-electron chi connectivity index (χ4n) is 3.57. The van der Waals surface area contributed by atoms with Gasteiger partial charge in [-0.15, -0.1) is 0 Å². The molecule has 0 aromatic carbocycles. The van der Waals surface area contributed by atoms with Crippen LogP contribution in [0.3, 0.4) is 0 Å². The quantitative estimate of drug-likeness (QED) is 0.568. The molecule has 0 aromatic heterocycles. The van der Waals surface area contributed by atoms with E-state index in [4.69, 9.17) is 0 Å². The summed E-state index contributed by atoms with van der Waals surface area (Å²) < 4.78 is 0. The van der Waals surface area contributed by atoms with E-state index in [0.717, 1.165) is 11.8 Å². The van der Waals surface area contributed by atoms with Gasteiger partial charge in [0.15, 0.2) is 0 Å². The molecule has 0 bridgehead atoms. The Morgan fingerprint density at radius 1 is 1.27 bits per heavy atom. The van der Waals surface area contributed by atoms with E-state index in [1.54, 1.807) is 0 Å². The summed E-state index contributed by atoms with van der Waals surface area (Å²) in [6, 6.07) is 0. The highest BCUT2D eigenvalue weighted by Crippen LogP contribution is 2.48. The molecular weight excluding hydrogens is 180 g/mol. The summed E-state index contributed by atoms with van der Waals surface area (Å²) in [7, 11) is 0. The highest BCUT2D eigenvalue weighted by atomic mass is 14.4. The fourth-order valence-corrected chi connectivity index (χ4v) is 3.57. The van der Waals surface area contributed by atoms with Crippen LogP contribution in [0.2, 0.25) is 0 Å². The molecule has 3 atom stereocenters. The lowest BCUT2D eigenvalue weighted by Crippen LogP contribution is -2.35. The maximum absolute atomic E-state index is 2.57. The molecule has 1 aliphatic carbocycles. The first kappa shape index (κ1) is 13.1. The van der Waals surface area contributed by atoms with Crippen molar-refractivity contribution in [2.75, 3.05) is 0 Å². The molecule has 0 nitrogen and oxygen atoms in total. The Bertz CT molecular complexity index is 173. The molecule has 0 radical (unpaired) electrons. The first-order chi connectivity index (χ1) is 7.14. The van der Waals surface area contributed by atoms with Crippen LogP contribution in [-0.2, 0) is 0 Å². The van der Waals surface area contributed by atoms with Gasteiger partial charge in [0, 0.05) is 0 Å². The minimum absolute atomic E-state index is 0.670. The van der Waals surface area contributed by atoms with Crippen molar-refractivity contribution in [3.63, 3.8) is 0 Å². The van der Waals surface area contributed by atoms with Gasteiger partial charge in [0.05, 0.1) is 0 Å². The molecular formula is C15H30. The maximum atomic E-state index is 2.57. The predicted molar refractivity (Wildman–Crippen MR) is 69.0 cm³/mol. The Kier molecular flexibility index (Phi) is 5.15. The van der Waals surface area contributed by atoms with Crippen molar-refractivity contribution >= 4 is 0 Å². The Labute approximate surface area is 96.8 Å². The van der Waals surface area contributed by atoms with Gasteiger partial charge in [-0.05, 0) is 36.5 Å². The average Bonchev–Trinajstić information content (AvgIpc) is 2.26. The summed E-state index contributed by atoms with van der Waals surface area (Å²) in [4.78, 5) is 0. The van der Waals surface area contributed by atoms with E-state index in [-0.39, 0.29) is 0 Å². The van der Waals surface area contributed by atoms with Crippen LogP contribution in [0.25, 0.3) is 0 Å². The molecule has 90 valence electrons. The second kappa shape index (κ2) is 5.92. The summed E-state index contributed by atoms with van der Waals surface area (Å²) >= 11 is 0. The van der Waals surface area contributed by atoms with Crippen LogP contribution < -0.4 is 0 Å². The summed E-state index contributed by atoms with van der Waals surface area (Å²) in [6.07, 6.45) is 11.6. The zero-order valence-corrected chi connectivity index (χ0v) is 11.3. The highest BCUT2D eigenvalue weighted by molar-refractivity contribution is 4.88. The van der Waals surface area contributed by atoms with E-state index in [1.807, 2.05) is 0 Å². The van der Waals surface area contributed by atoms with E-state index in [0.29, 0.717) is 5.41 Å². The first-order valence-corrected chi connectivity index (χ1v) is 7.14. The number of unbranched alkanes of at least 4 members (excludes halogenated alkanes) is 1. The lowest BCUT2D eigenvalue weighted by molar-refractivity contribution is 0.0571. The van der Waals surface area contributed by atoms with E-state index >= 15 is 0 Å². The van der Waals surface area contributed by atoms with Gasteiger partial charge in [-0.2, -0.15) is 0 Å². The third-order valence-corrected chi connectivity index (χ3v) is 4.84. The molecule has 1 rings (SSSR count). The zero-order valence-electron chi connectivity index (χ0n) is 11.3. The van der Waals surface area contributed by atoms with Crippen LogP contribution in [-0.4, -0.2) is 0 Å². The van der Waals surface area contributed by atoms with E-state index < -0.39 is 0 Å². The molecule has 1 saturated carbocycles. The van der Waals surface area contributed by atoms with Crippen LogP contribution in [0.4, 0.5) is 0 Å². The summed E-state index contributed by atoms with van der Waals surface area (Å²) in [5.41, 5.74) is 0.670. The Morgan fingerprint density at radius 2 is 2.00 bits per heavy atom. The van der Waals surface area contributed by atoms with Crippen LogP contribution in [0.5, 0.6) is 0 Å². The lowest BCUT2D eigenvalue weighted by Gasteiger charge is -2.45.